The van der Waals surface area contributed by atoms with E-state index in [0.717, 1.165) is 36.7 Å². The molecule has 9 nitrogen and oxygen atoms in total. The van der Waals surface area contributed by atoms with Crippen LogP contribution in [0.25, 0.3) is 0 Å². The maximum Gasteiger partial charge on any atom is 0.337 e. The first-order chi connectivity index (χ1) is 11.7. The highest BCUT2D eigenvalue weighted by molar-refractivity contribution is 7.89. The van der Waals surface area contributed by atoms with Crippen molar-refractivity contribution < 1.29 is 37.4 Å². The summed E-state index contributed by atoms with van der Waals surface area (Å²) in [6.45, 7) is 0.0370. The Bertz CT molecular complexity index is 783. The van der Waals surface area contributed by atoms with Crippen LogP contribution in [0.2, 0.25) is 0 Å². The van der Waals surface area contributed by atoms with Crippen LogP contribution in [-0.4, -0.2) is 62.5 Å². The molecule has 1 aromatic carbocycles. The molecule has 1 saturated heterocycles. The molecule has 0 aliphatic carbocycles. The lowest BCUT2D eigenvalue weighted by Crippen LogP contribution is -2.40. The molecule has 136 valence electrons. The predicted octanol–water partition coefficient (Wildman–Crippen LogP) is 0.497. The molecule has 1 fully saturated rings. The summed E-state index contributed by atoms with van der Waals surface area (Å²) < 4.78 is 35.6. The van der Waals surface area contributed by atoms with E-state index < -0.39 is 34.0 Å². The van der Waals surface area contributed by atoms with Gasteiger partial charge in [0.25, 0.3) is 0 Å². The number of carbonyl (C=O) groups is 3. The zero-order valence-corrected chi connectivity index (χ0v) is 14.4. The molecule has 0 unspecified atom stereocenters. The number of rotatable bonds is 5. The highest BCUT2D eigenvalue weighted by atomic mass is 32.2. The number of esters is 2. The molecular formula is C15H17NO8S. The van der Waals surface area contributed by atoms with Crippen molar-refractivity contribution in [2.75, 3.05) is 20.8 Å². The van der Waals surface area contributed by atoms with Crippen LogP contribution >= 0.6 is 0 Å². The van der Waals surface area contributed by atoms with Gasteiger partial charge in [-0.2, -0.15) is 4.31 Å². The molecule has 0 spiro atoms. The lowest BCUT2D eigenvalue weighted by molar-refractivity contribution is -0.140. The van der Waals surface area contributed by atoms with Crippen molar-refractivity contribution >= 4 is 27.9 Å². The molecular weight excluding hydrogens is 354 g/mol. The lowest BCUT2D eigenvalue weighted by Gasteiger charge is -2.21. The van der Waals surface area contributed by atoms with Gasteiger partial charge in [0.15, 0.2) is 0 Å². The first kappa shape index (κ1) is 18.9. The third-order valence-electron chi connectivity index (χ3n) is 3.84. The number of hydrogen-bond donors (Lipinski definition) is 1. The van der Waals surface area contributed by atoms with Crippen molar-refractivity contribution in [3.8, 4) is 0 Å². The van der Waals surface area contributed by atoms with Gasteiger partial charge >= 0.3 is 17.9 Å². The average molecular weight is 371 g/mol. The zero-order valence-electron chi connectivity index (χ0n) is 13.6. The molecule has 2 rings (SSSR count). The van der Waals surface area contributed by atoms with E-state index in [1.54, 1.807) is 0 Å². The van der Waals surface area contributed by atoms with Gasteiger partial charge in [0.1, 0.15) is 6.04 Å². The van der Waals surface area contributed by atoms with Crippen molar-refractivity contribution in [3.63, 3.8) is 0 Å². The first-order valence-electron chi connectivity index (χ1n) is 7.28. The zero-order chi connectivity index (χ0) is 18.8. The summed E-state index contributed by atoms with van der Waals surface area (Å²) in [4.78, 5) is 34.5. The average Bonchev–Trinajstić information content (AvgIpc) is 3.10. The number of benzene rings is 1. The van der Waals surface area contributed by atoms with Crippen molar-refractivity contribution in [1.82, 2.24) is 4.31 Å². The monoisotopic (exact) mass is 371 g/mol. The number of carbonyl (C=O) groups excluding carboxylic acids is 2. The van der Waals surface area contributed by atoms with Crippen LogP contribution in [0.3, 0.4) is 0 Å². The molecule has 1 atom stereocenters. The predicted molar refractivity (Wildman–Crippen MR) is 83.7 cm³/mol. The van der Waals surface area contributed by atoms with E-state index in [9.17, 15) is 27.9 Å². The smallest absolute Gasteiger partial charge is 0.337 e. The van der Waals surface area contributed by atoms with E-state index in [4.69, 9.17) is 0 Å². The normalized spacial score (nSPS) is 17.9. The van der Waals surface area contributed by atoms with Gasteiger partial charge < -0.3 is 14.6 Å². The second kappa shape index (κ2) is 7.19. The maximum atomic E-state index is 12.8. The Morgan fingerprint density at radius 3 is 2.04 bits per heavy atom. The number of carboxylic acid groups (broad SMARTS) is 1. The summed E-state index contributed by atoms with van der Waals surface area (Å²) in [6, 6.07) is 2.05. The minimum Gasteiger partial charge on any atom is -0.480 e. The number of ether oxygens (including phenoxy) is 2. The standard InChI is InChI=1S/C15H17NO8S/c1-23-14(19)9-6-10(15(20)24-2)8-11(7-9)25(21,22)16-5-3-4-12(16)13(17)18/h6-8,12H,3-5H2,1-2H3,(H,17,18)/t12-/m1/s1. The molecule has 0 saturated carbocycles. The van der Waals surface area contributed by atoms with Crippen molar-refractivity contribution in [3.05, 3.63) is 29.3 Å². The summed E-state index contributed by atoms with van der Waals surface area (Å²) in [5, 5.41) is 9.20. The maximum absolute atomic E-state index is 12.8. The second-order valence-corrected chi connectivity index (χ2v) is 7.23. The van der Waals surface area contributed by atoms with E-state index in [-0.39, 0.29) is 29.0 Å². The minimum atomic E-state index is -4.22. The third kappa shape index (κ3) is 3.64. The fraction of sp³-hybridized carbons (Fsp3) is 0.400. The molecule has 1 heterocycles. The minimum absolute atomic E-state index is 0.0370. The Kier molecular flexibility index (Phi) is 5.43. The summed E-state index contributed by atoms with van der Waals surface area (Å²) in [5.74, 6) is -2.92. The van der Waals surface area contributed by atoms with Gasteiger partial charge in [-0.05, 0) is 31.0 Å². The molecule has 25 heavy (non-hydrogen) atoms. The van der Waals surface area contributed by atoms with Gasteiger partial charge in [-0.15, -0.1) is 0 Å². The summed E-state index contributed by atoms with van der Waals surface area (Å²) >= 11 is 0. The lowest BCUT2D eigenvalue weighted by atomic mass is 10.1. The molecule has 0 amide bonds. The molecule has 1 N–H and O–H groups in total. The van der Waals surface area contributed by atoms with Crippen molar-refractivity contribution in [2.45, 2.75) is 23.8 Å². The number of aliphatic carboxylic acids is 1. The summed E-state index contributed by atoms with van der Waals surface area (Å²) in [7, 11) is -2.00. The molecule has 1 aromatic rings. The molecule has 0 radical (unpaired) electrons. The van der Waals surface area contributed by atoms with E-state index >= 15 is 0 Å². The van der Waals surface area contributed by atoms with Crippen LogP contribution in [0.5, 0.6) is 0 Å². The van der Waals surface area contributed by atoms with E-state index in [1.807, 2.05) is 0 Å². The fourth-order valence-electron chi connectivity index (χ4n) is 2.63. The second-order valence-electron chi connectivity index (χ2n) is 5.34. The van der Waals surface area contributed by atoms with Gasteiger partial charge in [0, 0.05) is 6.54 Å². The van der Waals surface area contributed by atoms with Crippen LogP contribution in [0.15, 0.2) is 23.1 Å². The summed E-state index contributed by atoms with van der Waals surface area (Å²) in [5.41, 5.74) is -0.315. The van der Waals surface area contributed by atoms with Crippen LogP contribution in [0.4, 0.5) is 0 Å². The Balaban J connectivity index is 2.58. The third-order valence-corrected chi connectivity index (χ3v) is 5.73. The van der Waals surface area contributed by atoms with Crippen LogP contribution in [0, 0.1) is 0 Å². The highest BCUT2D eigenvalue weighted by Gasteiger charge is 2.40. The van der Waals surface area contributed by atoms with Crippen molar-refractivity contribution in [2.24, 2.45) is 0 Å². The SMILES string of the molecule is COC(=O)c1cc(C(=O)OC)cc(S(=O)(=O)N2CCC[C@@H]2C(=O)O)c1. The van der Waals surface area contributed by atoms with Crippen LogP contribution in [0.1, 0.15) is 33.6 Å². The molecule has 0 aromatic heterocycles. The Morgan fingerprint density at radius 2 is 1.60 bits per heavy atom. The molecule has 1 aliphatic rings. The van der Waals surface area contributed by atoms with Crippen LogP contribution in [-0.2, 0) is 24.3 Å². The Hall–Kier alpha value is -2.46. The van der Waals surface area contributed by atoms with Gasteiger partial charge in [-0.25, -0.2) is 18.0 Å². The summed E-state index contributed by atoms with van der Waals surface area (Å²) in [6.07, 6.45) is 0.589. The number of hydrogen-bond acceptors (Lipinski definition) is 7. The number of nitrogens with zero attached hydrogens (tertiary/aromatic N) is 1. The molecule has 10 heteroatoms. The van der Waals surface area contributed by atoms with Gasteiger partial charge in [-0.3, -0.25) is 4.79 Å². The highest BCUT2D eigenvalue weighted by Crippen LogP contribution is 2.28. The van der Waals surface area contributed by atoms with Crippen LogP contribution < -0.4 is 0 Å². The van der Waals surface area contributed by atoms with Gasteiger partial charge in [0.2, 0.25) is 10.0 Å². The number of methoxy groups -OCH3 is 2. The Morgan fingerprint density at radius 1 is 1.08 bits per heavy atom. The van der Waals surface area contributed by atoms with E-state index in [0.29, 0.717) is 6.42 Å². The largest absolute Gasteiger partial charge is 0.480 e. The van der Waals surface area contributed by atoms with Gasteiger partial charge in [0.05, 0.1) is 30.2 Å². The molecule has 1 aliphatic heterocycles. The topological polar surface area (TPSA) is 127 Å². The quantitative estimate of drug-likeness (QED) is 0.741. The van der Waals surface area contributed by atoms with Crippen molar-refractivity contribution in [1.29, 1.82) is 0 Å². The number of carboxylic acids is 1. The fourth-order valence-corrected chi connectivity index (χ4v) is 4.35. The number of sulfonamides is 1. The first-order valence-corrected chi connectivity index (χ1v) is 8.72. The Labute approximate surface area is 144 Å². The molecule has 0 bridgehead atoms. The van der Waals surface area contributed by atoms with E-state index in [1.165, 1.54) is 0 Å². The van der Waals surface area contributed by atoms with Gasteiger partial charge in [-0.1, -0.05) is 0 Å². The van der Waals surface area contributed by atoms with E-state index in [2.05, 4.69) is 9.47 Å².